The predicted octanol–water partition coefficient (Wildman–Crippen LogP) is 4.28. The third-order valence-corrected chi connectivity index (χ3v) is 4.98. The average Bonchev–Trinajstić information content (AvgIpc) is 2.68. The van der Waals surface area contributed by atoms with E-state index in [0.717, 1.165) is 16.8 Å². The Morgan fingerprint density at radius 2 is 1.81 bits per heavy atom. The second-order valence-corrected chi connectivity index (χ2v) is 7.17. The number of rotatable bonds is 3. The van der Waals surface area contributed by atoms with Gasteiger partial charge in [0.05, 0.1) is 23.2 Å². The molecule has 162 valence electrons. The molecule has 0 amide bonds. The number of hydrogen-bond acceptors (Lipinski definition) is 6. The maximum Gasteiger partial charge on any atom is 0.507 e. The first-order valence-corrected chi connectivity index (χ1v) is 9.52. The first-order valence-electron chi connectivity index (χ1n) is 8.72. The van der Waals surface area contributed by atoms with Gasteiger partial charge in [-0.05, 0) is 47.1 Å². The van der Waals surface area contributed by atoms with Crippen LogP contribution in [0.15, 0.2) is 45.7 Å². The molecule has 2 heterocycles. The highest BCUT2D eigenvalue weighted by molar-refractivity contribution is 9.10. The number of ether oxygens (including phenoxy) is 3. The van der Waals surface area contributed by atoms with Crippen LogP contribution in [0, 0.1) is 0 Å². The van der Waals surface area contributed by atoms with Gasteiger partial charge in [-0.1, -0.05) is 6.07 Å². The van der Waals surface area contributed by atoms with E-state index in [2.05, 4.69) is 30.5 Å². The van der Waals surface area contributed by atoms with Gasteiger partial charge >= 0.3 is 18.2 Å². The van der Waals surface area contributed by atoms with E-state index in [9.17, 15) is 27.2 Å². The molecule has 7 nitrogen and oxygen atoms in total. The van der Waals surface area contributed by atoms with E-state index in [1.165, 1.54) is 12.1 Å². The second kappa shape index (κ2) is 7.22. The lowest BCUT2D eigenvalue weighted by Crippen LogP contribution is -2.52. The Morgan fingerprint density at radius 1 is 1.13 bits per heavy atom. The van der Waals surface area contributed by atoms with Crippen molar-refractivity contribution in [3.05, 3.63) is 56.8 Å². The van der Waals surface area contributed by atoms with Crippen LogP contribution in [0.2, 0.25) is 0 Å². The first-order chi connectivity index (χ1) is 14.6. The molecule has 1 aliphatic heterocycles. The van der Waals surface area contributed by atoms with Gasteiger partial charge in [-0.2, -0.15) is 22.7 Å². The van der Waals surface area contributed by atoms with Gasteiger partial charge in [0.15, 0.2) is 11.5 Å². The smallest absolute Gasteiger partial charge is 0.461 e. The van der Waals surface area contributed by atoms with Crippen molar-refractivity contribution >= 4 is 32.8 Å². The van der Waals surface area contributed by atoms with Gasteiger partial charge in [-0.25, -0.2) is 9.48 Å². The number of esters is 1. The van der Waals surface area contributed by atoms with Crippen molar-refractivity contribution in [1.29, 1.82) is 0 Å². The Labute approximate surface area is 179 Å². The van der Waals surface area contributed by atoms with Crippen LogP contribution in [0.25, 0.3) is 16.6 Å². The molecule has 3 aromatic rings. The van der Waals surface area contributed by atoms with Crippen LogP contribution >= 0.6 is 15.9 Å². The monoisotopic (exact) mass is 502 g/mol. The van der Waals surface area contributed by atoms with Gasteiger partial charge in [0.2, 0.25) is 11.1 Å². The molecule has 31 heavy (non-hydrogen) atoms. The van der Waals surface area contributed by atoms with E-state index >= 15 is 0 Å². The van der Waals surface area contributed by atoms with Crippen LogP contribution in [0.5, 0.6) is 11.5 Å². The molecule has 0 bridgehead atoms. The number of carbonyl (C=O) groups excluding carboxylic acids is 1. The van der Waals surface area contributed by atoms with Crippen LogP contribution < -0.4 is 14.9 Å². The predicted molar refractivity (Wildman–Crippen MR) is 102 cm³/mol. The maximum absolute atomic E-state index is 13.6. The summed E-state index contributed by atoms with van der Waals surface area (Å²) in [5.41, 5.74) is -1.01. The van der Waals surface area contributed by atoms with E-state index in [-0.39, 0.29) is 23.2 Å². The molecule has 0 radical (unpaired) electrons. The van der Waals surface area contributed by atoms with Crippen molar-refractivity contribution in [1.82, 2.24) is 9.78 Å². The molecular formula is C19H11BrF4N2O5. The summed E-state index contributed by atoms with van der Waals surface area (Å²) in [6.07, 6.45) is -9.76. The number of nitrogens with zero attached hydrogens (tertiary/aromatic N) is 2. The van der Waals surface area contributed by atoms with E-state index in [0.29, 0.717) is 4.47 Å². The highest BCUT2D eigenvalue weighted by Gasteiger charge is 2.65. The number of halogens is 5. The SMILES string of the molecule is CCOC(=O)c1nn(-c2ccc3c(c2)OC(F)(F)C(F)(F)O3)c2cccc(Br)c2c1=O. The molecule has 2 aromatic carbocycles. The van der Waals surface area contributed by atoms with Crippen molar-refractivity contribution in [3.63, 3.8) is 0 Å². The van der Waals surface area contributed by atoms with Crippen LogP contribution in [-0.4, -0.2) is 34.6 Å². The molecule has 1 aromatic heterocycles. The summed E-state index contributed by atoms with van der Waals surface area (Å²) in [6.45, 7) is 1.53. The number of carbonyl (C=O) groups is 1. The van der Waals surface area contributed by atoms with Crippen LogP contribution in [0.3, 0.4) is 0 Å². The molecule has 0 saturated carbocycles. The standard InChI is InChI=1S/C19H11BrF4N2O5/c1-2-29-17(28)15-16(27)14-10(20)4-3-5-11(14)26(25-15)9-6-7-12-13(8-9)31-19(23,24)18(21,22)30-12/h3-8H,2H2,1H3. The van der Waals surface area contributed by atoms with Crippen molar-refractivity contribution in [2.24, 2.45) is 0 Å². The quantitative estimate of drug-likeness (QED) is 0.392. The van der Waals surface area contributed by atoms with Gasteiger partial charge in [-0.3, -0.25) is 4.79 Å². The Hall–Kier alpha value is -3.15. The highest BCUT2D eigenvalue weighted by atomic mass is 79.9. The topological polar surface area (TPSA) is 79.7 Å². The van der Waals surface area contributed by atoms with Crippen molar-refractivity contribution < 1.29 is 36.6 Å². The molecule has 0 aliphatic carbocycles. The van der Waals surface area contributed by atoms with Gasteiger partial charge in [0, 0.05) is 10.5 Å². The number of hydrogen-bond donors (Lipinski definition) is 0. The Morgan fingerprint density at radius 3 is 2.48 bits per heavy atom. The van der Waals surface area contributed by atoms with Crippen LogP contribution in [-0.2, 0) is 4.74 Å². The fourth-order valence-electron chi connectivity index (χ4n) is 2.95. The van der Waals surface area contributed by atoms with Crippen LogP contribution in [0.1, 0.15) is 17.4 Å². The lowest BCUT2D eigenvalue weighted by molar-refractivity contribution is -0.391. The maximum atomic E-state index is 13.6. The lowest BCUT2D eigenvalue weighted by atomic mass is 10.2. The molecule has 1 aliphatic rings. The minimum Gasteiger partial charge on any atom is -0.461 e. The molecule has 0 fully saturated rings. The highest BCUT2D eigenvalue weighted by Crippen LogP contribution is 2.47. The molecule has 0 atom stereocenters. The van der Waals surface area contributed by atoms with Crippen molar-refractivity contribution in [2.75, 3.05) is 6.61 Å². The summed E-state index contributed by atoms with van der Waals surface area (Å²) in [7, 11) is 0. The zero-order valence-corrected chi connectivity index (χ0v) is 17.1. The Bertz CT molecular complexity index is 1280. The van der Waals surface area contributed by atoms with E-state index < -0.39 is 40.8 Å². The fraction of sp³-hybridized carbons (Fsp3) is 0.211. The summed E-state index contributed by atoms with van der Waals surface area (Å²) in [6, 6.07) is 7.85. The number of fused-ring (bicyclic) bond motifs is 2. The third-order valence-electron chi connectivity index (χ3n) is 4.32. The third kappa shape index (κ3) is 3.40. The number of alkyl halides is 4. The lowest BCUT2D eigenvalue weighted by Gasteiger charge is -2.32. The first kappa shape index (κ1) is 21.1. The van der Waals surface area contributed by atoms with Gasteiger partial charge < -0.3 is 14.2 Å². The van der Waals surface area contributed by atoms with Gasteiger partial charge in [-0.15, -0.1) is 0 Å². The molecule has 0 spiro atoms. The number of benzene rings is 2. The summed E-state index contributed by atoms with van der Waals surface area (Å²) >= 11 is 3.24. The fourth-order valence-corrected chi connectivity index (χ4v) is 3.48. The van der Waals surface area contributed by atoms with Gasteiger partial charge in [0.25, 0.3) is 0 Å². The van der Waals surface area contributed by atoms with Crippen molar-refractivity contribution in [2.45, 2.75) is 19.1 Å². The summed E-state index contributed by atoms with van der Waals surface area (Å²) in [5.74, 6) is -2.27. The average molecular weight is 503 g/mol. The summed E-state index contributed by atoms with van der Waals surface area (Å²) < 4.78 is 68.5. The molecule has 0 unspecified atom stereocenters. The van der Waals surface area contributed by atoms with E-state index in [4.69, 9.17) is 4.74 Å². The normalized spacial score (nSPS) is 16.2. The second-order valence-electron chi connectivity index (χ2n) is 6.31. The molecule has 4 rings (SSSR count). The van der Waals surface area contributed by atoms with Crippen LogP contribution in [0.4, 0.5) is 17.6 Å². The molecule has 0 saturated heterocycles. The molecule has 0 N–H and O–H groups in total. The minimum atomic E-state index is -4.91. The van der Waals surface area contributed by atoms with Gasteiger partial charge in [0.1, 0.15) is 0 Å². The number of aromatic nitrogens is 2. The van der Waals surface area contributed by atoms with E-state index in [1.54, 1.807) is 19.1 Å². The van der Waals surface area contributed by atoms with Crippen molar-refractivity contribution in [3.8, 4) is 17.2 Å². The van der Waals surface area contributed by atoms with E-state index in [1.807, 2.05) is 0 Å². The minimum absolute atomic E-state index is 0.0126. The summed E-state index contributed by atoms with van der Waals surface area (Å²) in [5, 5.41) is 4.10. The molecular weight excluding hydrogens is 492 g/mol. The Balaban J connectivity index is 1.95. The molecule has 12 heteroatoms. The zero-order valence-electron chi connectivity index (χ0n) is 15.5. The summed E-state index contributed by atoms with van der Waals surface area (Å²) in [4.78, 5) is 25.1. The Kier molecular flexibility index (Phi) is 4.91. The largest absolute Gasteiger partial charge is 0.507 e. The zero-order chi connectivity index (χ0) is 22.6.